The Bertz CT molecular complexity index is 544. The molecule has 3 nitrogen and oxygen atoms in total. The number of rotatable bonds is 2. The molecule has 5 heteroatoms. The summed E-state index contributed by atoms with van der Waals surface area (Å²) in [5, 5.41) is 9.64. The van der Waals surface area contributed by atoms with Crippen LogP contribution < -0.4 is 4.74 Å². The molecule has 0 radical (unpaired) electrons. The van der Waals surface area contributed by atoms with E-state index >= 15 is 0 Å². The van der Waals surface area contributed by atoms with Crippen molar-refractivity contribution in [3.63, 3.8) is 0 Å². The van der Waals surface area contributed by atoms with E-state index in [1.54, 1.807) is 12.1 Å². The number of hydrogen-bond donors (Lipinski definition) is 1. The van der Waals surface area contributed by atoms with Gasteiger partial charge in [0.2, 0.25) is 5.92 Å². The summed E-state index contributed by atoms with van der Waals surface area (Å²) in [5.74, 6) is -3.19. The van der Waals surface area contributed by atoms with Crippen LogP contribution in [-0.4, -0.2) is 23.6 Å². The summed E-state index contributed by atoms with van der Waals surface area (Å²) in [6.45, 7) is 0.526. The molecule has 0 unspecified atom stereocenters. The number of fused-ring (bicyclic) bond motifs is 1. The zero-order valence-corrected chi connectivity index (χ0v) is 11.0. The molecule has 1 heterocycles. The van der Waals surface area contributed by atoms with Crippen molar-refractivity contribution >= 4 is 5.97 Å². The smallest absolute Gasteiger partial charge is 0.314 e. The van der Waals surface area contributed by atoms with Gasteiger partial charge in [-0.05, 0) is 18.4 Å². The summed E-state index contributed by atoms with van der Waals surface area (Å²) >= 11 is 0. The van der Waals surface area contributed by atoms with Crippen LogP contribution in [0.5, 0.6) is 5.75 Å². The van der Waals surface area contributed by atoms with Crippen LogP contribution in [0, 0.1) is 0 Å². The van der Waals surface area contributed by atoms with Crippen molar-refractivity contribution < 1.29 is 23.4 Å². The maximum absolute atomic E-state index is 13.4. The molecule has 1 aromatic rings. The van der Waals surface area contributed by atoms with Crippen molar-refractivity contribution in [1.29, 1.82) is 0 Å². The lowest BCUT2D eigenvalue weighted by atomic mass is 9.68. The van der Waals surface area contributed by atoms with Gasteiger partial charge in [-0.15, -0.1) is 0 Å². The second-order valence-corrected chi connectivity index (χ2v) is 5.64. The summed E-state index contributed by atoms with van der Waals surface area (Å²) < 4.78 is 32.3. The van der Waals surface area contributed by atoms with Gasteiger partial charge in [0.1, 0.15) is 5.75 Å². The van der Waals surface area contributed by atoms with E-state index in [-0.39, 0.29) is 25.7 Å². The quantitative estimate of drug-likeness (QED) is 0.906. The van der Waals surface area contributed by atoms with E-state index in [1.807, 2.05) is 6.07 Å². The first-order chi connectivity index (χ1) is 9.45. The van der Waals surface area contributed by atoms with Crippen LogP contribution in [0.2, 0.25) is 0 Å². The molecule has 0 saturated heterocycles. The third-order valence-corrected chi connectivity index (χ3v) is 4.47. The average Bonchev–Trinajstić information content (AvgIpc) is 2.87. The second-order valence-electron chi connectivity index (χ2n) is 5.64. The van der Waals surface area contributed by atoms with E-state index in [1.165, 1.54) is 0 Å². The molecule has 0 aromatic heterocycles. The molecular weight excluding hydrogens is 266 g/mol. The Kier molecular flexibility index (Phi) is 2.96. The molecule has 0 amide bonds. The fourth-order valence-electron chi connectivity index (χ4n) is 3.23. The van der Waals surface area contributed by atoms with E-state index in [2.05, 4.69) is 0 Å². The Labute approximate surface area is 115 Å². The fourth-order valence-corrected chi connectivity index (χ4v) is 3.23. The number of benzene rings is 1. The number of aliphatic carboxylic acids is 1. The third kappa shape index (κ3) is 1.96. The van der Waals surface area contributed by atoms with Gasteiger partial charge in [0.15, 0.2) is 0 Å². The standard InChI is InChI=1S/C15H16F2O3/c16-15(17)7-5-14(6-8-15,13(18)19)11-3-1-2-10-4-9-20-12(10)11/h1-3H,4-9H2,(H,18,19). The van der Waals surface area contributed by atoms with Crippen molar-refractivity contribution in [2.75, 3.05) is 6.61 Å². The van der Waals surface area contributed by atoms with Crippen LogP contribution in [0.3, 0.4) is 0 Å². The molecule has 108 valence electrons. The highest BCUT2D eigenvalue weighted by atomic mass is 19.3. The first kappa shape index (κ1) is 13.3. The molecule has 1 aliphatic heterocycles. The first-order valence-electron chi connectivity index (χ1n) is 6.81. The van der Waals surface area contributed by atoms with Crippen LogP contribution in [-0.2, 0) is 16.6 Å². The Morgan fingerprint density at radius 3 is 2.55 bits per heavy atom. The highest BCUT2D eigenvalue weighted by Gasteiger charge is 2.50. The number of para-hydroxylation sites is 1. The van der Waals surface area contributed by atoms with Gasteiger partial charge >= 0.3 is 5.97 Å². The number of alkyl halides is 2. The van der Waals surface area contributed by atoms with Gasteiger partial charge in [-0.3, -0.25) is 4.79 Å². The third-order valence-electron chi connectivity index (χ3n) is 4.47. The summed E-state index contributed by atoms with van der Waals surface area (Å²) in [6, 6.07) is 5.40. The zero-order valence-electron chi connectivity index (χ0n) is 11.0. The molecular formula is C15H16F2O3. The minimum absolute atomic E-state index is 0.0465. The monoisotopic (exact) mass is 282 g/mol. The number of ether oxygens (including phenoxy) is 1. The number of carbonyl (C=O) groups is 1. The van der Waals surface area contributed by atoms with Crippen LogP contribution in [0.4, 0.5) is 8.78 Å². The number of carboxylic acid groups (broad SMARTS) is 1. The zero-order chi connectivity index (χ0) is 14.4. The Morgan fingerprint density at radius 2 is 1.90 bits per heavy atom. The van der Waals surface area contributed by atoms with Gasteiger partial charge < -0.3 is 9.84 Å². The normalized spacial score (nSPS) is 22.9. The highest BCUT2D eigenvalue weighted by Crippen LogP contribution is 2.49. The molecule has 1 N–H and O–H groups in total. The van der Waals surface area contributed by atoms with Crippen molar-refractivity contribution in [2.45, 2.75) is 43.4 Å². The Morgan fingerprint density at radius 1 is 1.20 bits per heavy atom. The van der Waals surface area contributed by atoms with Gasteiger partial charge in [-0.1, -0.05) is 18.2 Å². The SMILES string of the molecule is O=C(O)C1(c2cccc3c2OCC3)CCC(F)(F)CC1. The van der Waals surface area contributed by atoms with E-state index in [0.717, 1.165) is 12.0 Å². The van der Waals surface area contributed by atoms with E-state index in [4.69, 9.17) is 4.74 Å². The predicted molar refractivity (Wildman–Crippen MR) is 68.4 cm³/mol. The van der Waals surface area contributed by atoms with Gasteiger partial charge in [-0.2, -0.15) is 0 Å². The largest absolute Gasteiger partial charge is 0.493 e. The van der Waals surface area contributed by atoms with Crippen LogP contribution in [0.25, 0.3) is 0 Å². The van der Waals surface area contributed by atoms with E-state index in [0.29, 0.717) is 17.9 Å². The minimum atomic E-state index is -2.75. The average molecular weight is 282 g/mol. The van der Waals surface area contributed by atoms with Crippen molar-refractivity contribution in [3.8, 4) is 5.75 Å². The molecule has 20 heavy (non-hydrogen) atoms. The molecule has 0 atom stereocenters. The molecule has 0 spiro atoms. The van der Waals surface area contributed by atoms with E-state index in [9.17, 15) is 18.7 Å². The lowest BCUT2D eigenvalue weighted by molar-refractivity contribution is -0.149. The number of carboxylic acids is 1. The lowest BCUT2D eigenvalue weighted by Gasteiger charge is -2.37. The molecule has 1 fully saturated rings. The maximum Gasteiger partial charge on any atom is 0.314 e. The summed E-state index contributed by atoms with van der Waals surface area (Å²) in [5.41, 5.74) is 0.299. The molecule has 1 aromatic carbocycles. The topological polar surface area (TPSA) is 46.5 Å². The predicted octanol–water partition coefficient (Wildman–Crippen LogP) is 3.15. The summed E-state index contributed by atoms with van der Waals surface area (Å²) in [7, 11) is 0. The highest BCUT2D eigenvalue weighted by molar-refractivity contribution is 5.83. The second kappa shape index (κ2) is 4.43. The maximum atomic E-state index is 13.4. The van der Waals surface area contributed by atoms with Gasteiger partial charge in [0.05, 0.1) is 12.0 Å². The summed E-state index contributed by atoms with van der Waals surface area (Å²) in [6.07, 6.45) is -0.120. The van der Waals surface area contributed by atoms with E-state index < -0.39 is 17.3 Å². The Balaban J connectivity index is 2.05. The molecule has 1 aliphatic carbocycles. The van der Waals surface area contributed by atoms with Crippen molar-refractivity contribution in [1.82, 2.24) is 0 Å². The van der Waals surface area contributed by atoms with Gasteiger partial charge in [-0.25, -0.2) is 8.78 Å². The molecule has 3 rings (SSSR count). The van der Waals surface area contributed by atoms with Crippen LogP contribution >= 0.6 is 0 Å². The number of hydrogen-bond acceptors (Lipinski definition) is 2. The van der Waals surface area contributed by atoms with Crippen molar-refractivity contribution in [3.05, 3.63) is 29.3 Å². The number of halogens is 2. The Hall–Kier alpha value is -1.65. The fraction of sp³-hybridized carbons (Fsp3) is 0.533. The molecule has 2 aliphatic rings. The molecule has 0 bridgehead atoms. The lowest BCUT2D eigenvalue weighted by Crippen LogP contribution is -2.43. The first-order valence-corrected chi connectivity index (χ1v) is 6.81. The van der Waals surface area contributed by atoms with Gasteiger partial charge in [0, 0.05) is 24.8 Å². The minimum Gasteiger partial charge on any atom is -0.493 e. The van der Waals surface area contributed by atoms with Crippen LogP contribution in [0.15, 0.2) is 18.2 Å². The summed E-state index contributed by atoms with van der Waals surface area (Å²) in [4.78, 5) is 11.8. The van der Waals surface area contributed by atoms with Crippen molar-refractivity contribution in [2.24, 2.45) is 0 Å². The van der Waals surface area contributed by atoms with Gasteiger partial charge in [0.25, 0.3) is 0 Å². The molecule has 1 saturated carbocycles. The van der Waals surface area contributed by atoms with Crippen LogP contribution in [0.1, 0.15) is 36.8 Å².